The fraction of sp³-hybridized carbons (Fsp3) is 0.480. The lowest BCUT2D eigenvalue weighted by Crippen LogP contribution is -2.60. The Labute approximate surface area is 229 Å². The van der Waals surface area contributed by atoms with Crippen LogP contribution < -0.4 is 21.7 Å². The lowest BCUT2D eigenvalue weighted by atomic mass is 10.0. The largest absolute Gasteiger partial charge is 0.481 e. The summed E-state index contributed by atoms with van der Waals surface area (Å²) in [5.41, 5.74) is 7.21. The highest BCUT2D eigenvalue weighted by Gasteiger charge is 2.33. The van der Waals surface area contributed by atoms with Crippen molar-refractivity contribution >= 4 is 52.3 Å². The van der Waals surface area contributed by atoms with Crippen molar-refractivity contribution in [2.75, 3.05) is 12.0 Å². The number of aromatic nitrogens is 1. The highest BCUT2D eigenvalue weighted by Crippen LogP contribution is 2.19. The molecule has 5 unspecified atom stereocenters. The molecule has 1 aromatic carbocycles. The van der Waals surface area contributed by atoms with E-state index in [1.54, 1.807) is 18.5 Å². The molecule has 0 bridgehead atoms. The third kappa shape index (κ3) is 9.57. The summed E-state index contributed by atoms with van der Waals surface area (Å²) in [6, 6.07) is 2.12. The number of aromatic amines is 1. The lowest BCUT2D eigenvalue weighted by molar-refractivity contribution is -0.143. The smallest absolute Gasteiger partial charge is 0.326 e. The van der Waals surface area contributed by atoms with Crippen molar-refractivity contribution in [3.63, 3.8) is 0 Å². The van der Waals surface area contributed by atoms with Crippen molar-refractivity contribution in [1.82, 2.24) is 20.9 Å². The number of carbonyl (C=O) groups excluding carboxylic acids is 3. The monoisotopic (exact) mass is 565 g/mol. The van der Waals surface area contributed by atoms with Gasteiger partial charge in [0, 0.05) is 29.9 Å². The van der Waals surface area contributed by atoms with E-state index in [0.717, 1.165) is 10.9 Å². The minimum absolute atomic E-state index is 0.0494. The second-order valence-electron chi connectivity index (χ2n) is 9.07. The van der Waals surface area contributed by atoms with Crippen LogP contribution in [0.2, 0.25) is 0 Å². The normalized spacial score (nSPS) is 15.0. The van der Waals surface area contributed by atoms with Crippen LogP contribution in [0.15, 0.2) is 30.5 Å². The number of hydrogen-bond donors (Lipinski definition) is 8. The van der Waals surface area contributed by atoms with E-state index < -0.39 is 59.9 Å². The van der Waals surface area contributed by atoms with Gasteiger partial charge in [-0.2, -0.15) is 11.8 Å². The first-order valence-electron chi connectivity index (χ1n) is 12.3. The number of amides is 3. The molecule has 14 heteroatoms. The second kappa shape index (κ2) is 15.1. The van der Waals surface area contributed by atoms with Gasteiger partial charge in [-0.25, -0.2) is 4.79 Å². The highest BCUT2D eigenvalue weighted by molar-refractivity contribution is 7.98. The van der Waals surface area contributed by atoms with Gasteiger partial charge in [0.2, 0.25) is 17.7 Å². The molecule has 1 heterocycles. The first kappa shape index (κ1) is 31.6. The van der Waals surface area contributed by atoms with Crippen LogP contribution >= 0.6 is 11.8 Å². The predicted octanol–water partition coefficient (Wildman–Crippen LogP) is -0.425. The molecule has 39 heavy (non-hydrogen) atoms. The summed E-state index contributed by atoms with van der Waals surface area (Å²) in [6.07, 6.45) is 1.70. The Bertz CT molecular complexity index is 1170. The van der Waals surface area contributed by atoms with Gasteiger partial charge in [-0.1, -0.05) is 18.2 Å². The van der Waals surface area contributed by atoms with Gasteiger partial charge in [0.05, 0.1) is 12.1 Å². The van der Waals surface area contributed by atoms with Crippen LogP contribution in [0.5, 0.6) is 0 Å². The van der Waals surface area contributed by atoms with E-state index in [0.29, 0.717) is 11.3 Å². The minimum atomic E-state index is -1.52. The maximum Gasteiger partial charge on any atom is 0.326 e. The number of carbonyl (C=O) groups is 5. The Morgan fingerprint density at radius 2 is 1.64 bits per heavy atom. The molecule has 0 saturated heterocycles. The average molecular weight is 566 g/mol. The van der Waals surface area contributed by atoms with Crippen molar-refractivity contribution in [3.05, 3.63) is 36.0 Å². The summed E-state index contributed by atoms with van der Waals surface area (Å²) in [7, 11) is 0. The fourth-order valence-corrected chi connectivity index (χ4v) is 4.31. The zero-order valence-electron chi connectivity index (χ0n) is 21.7. The summed E-state index contributed by atoms with van der Waals surface area (Å²) in [5.74, 6) is -4.40. The molecule has 1 aromatic heterocycles. The summed E-state index contributed by atoms with van der Waals surface area (Å²) >= 11 is 1.41. The number of fused-ring (bicyclic) bond motifs is 1. The minimum Gasteiger partial charge on any atom is -0.481 e. The Hall–Kier alpha value is -3.62. The number of benzene rings is 1. The van der Waals surface area contributed by atoms with Crippen LogP contribution in [-0.2, 0) is 30.4 Å². The maximum atomic E-state index is 13.0. The van der Waals surface area contributed by atoms with Gasteiger partial charge in [-0.3, -0.25) is 19.2 Å². The molecule has 214 valence electrons. The zero-order chi connectivity index (χ0) is 29.1. The van der Waals surface area contributed by atoms with Gasteiger partial charge >= 0.3 is 11.9 Å². The summed E-state index contributed by atoms with van der Waals surface area (Å²) in [6.45, 7) is 1.26. The van der Waals surface area contributed by atoms with E-state index in [1.165, 1.54) is 18.7 Å². The number of rotatable bonds is 16. The molecule has 9 N–H and O–H groups in total. The molecule has 3 amide bonds. The van der Waals surface area contributed by atoms with Gasteiger partial charge in [-0.05, 0) is 43.4 Å². The van der Waals surface area contributed by atoms with Crippen LogP contribution in [0, 0.1) is 0 Å². The van der Waals surface area contributed by atoms with Gasteiger partial charge < -0.3 is 42.0 Å². The van der Waals surface area contributed by atoms with E-state index in [2.05, 4.69) is 20.9 Å². The van der Waals surface area contributed by atoms with Crippen molar-refractivity contribution in [1.29, 1.82) is 0 Å². The molecular weight excluding hydrogens is 530 g/mol. The number of carboxylic acid groups (broad SMARTS) is 2. The predicted molar refractivity (Wildman–Crippen MR) is 145 cm³/mol. The topological polar surface area (TPSA) is 224 Å². The fourth-order valence-electron chi connectivity index (χ4n) is 3.83. The van der Waals surface area contributed by atoms with Crippen LogP contribution in [0.4, 0.5) is 0 Å². The Balaban J connectivity index is 2.12. The number of aliphatic hydroxyl groups excluding tert-OH is 1. The van der Waals surface area contributed by atoms with E-state index in [-0.39, 0.29) is 25.7 Å². The molecular formula is C25H35N5O8S. The van der Waals surface area contributed by atoms with Gasteiger partial charge in [0.15, 0.2) is 0 Å². The quantitative estimate of drug-likeness (QED) is 0.131. The summed E-state index contributed by atoms with van der Waals surface area (Å²) in [4.78, 5) is 64.2. The van der Waals surface area contributed by atoms with E-state index >= 15 is 0 Å². The molecule has 0 aliphatic heterocycles. The molecule has 0 fully saturated rings. The number of hydrogen-bond acceptors (Lipinski definition) is 8. The second-order valence-corrected chi connectivity index (χ2v) is 10.1. The lowest BCUT2D eigenvalue weighted by Gasteiger charge is -2.26. The zero-order valence-corrected chi connectivity index (χ0v) is 22.5. The van der Waals surface area contributed by atoms with Crippen LogP contribution in [0.3, 0.4) is 0 Å². The van der Waals surface area contributed by atoms with E-state index in [1.807, 2.05) is 18.2 Å². The van der Waals surface area contributed by atoms with E-state index in [9.17, 15) is 34.2 Å². The number of H-pyrrole nitrogens is 1. The van der Waals surface area contributed by atoms with Crippen molar-refractivity contribution in [2.45, 2.75) is 62.9 Å². The number of thioether (sulfide) groups is 1. The SMILES string of the molecule is CSCCC(NC(=O)C(N)CCC(=O)O)C(=O)NC(C(=O)NC(Cc1c[nH]c2ccccc12)C(=O)O)C(C)O. The summed E-state index contributed by atoms with van der Waals surface area (Å²) in [5, 5.41) is 36.8. The number of aliphatic hydroxyl groups is 1. The van der Waals surface area contributed by atoms with Crippen molar-refractivity contribution in [3.8, 4) is 0 Å². The highest BCUT2D eigenvalue weighted by atomic mass is 32.2. The van der Waals surface area contributed by atoms with Crippen LogP contribution in [0.25, 0.3) is 10.9 Å². The van der Waals surface area contributed by atoms with Gasteiger partial charge in [-0.15, -0.1) is 0 Å². The number of carboxylic acids is 2. The molecule has 0 saturated carbocycles. The van der Waals surface area contributed by atoms with Gasteiger partial charge in [0.25, 0.3) is 0 Å². The first-order chi connectivity index (χ1) is 18.4. The maximum absolute atomic E-state index is 13.0. The summed E-state index contributed by atoms with van der Waals surface area (Å²) < 4.78 is 0. The molecule has 0 radical (unpaired) electrons. The number of aliphatic carboxylic acids is 2. The average Bonchev–Trinajstić information content (AvgIpc) is 3.29. The number of para-hydroxylation sites is 1. The number of nitrogens with two attached hydrogens (primary N) is 1. The number of nitrogens with one attached hydrogen (secondary N) is 4. The molecule has 5 atom stereocenters. The van der Waals surface area contributed by atoms with Crippen molar-refractivity contribution in [2.24, 2.45) is 5.73 Å². The molecule has 2 aromatic rings. The Kier molecular flexibility index (Phi) is 12.2. The molecule has 2 rings (SSSR count). The van der Waals surface area contributed by atoms with E-state index in [4.69, 9.17) is 10.8 Å². The molecule has 0 aliphatic rings. The first-order valence-corrected chi connectivity index (χ1v) is 13.7. The molecule has 0 spiro atoms. The van der Waals surface area contributed by atoms with Gasteiger partial charge in [0.1, 0.15) is 18.1 Å². The Morgan fingerprint density at radius 3 is 2.26 bits per heavy atom. The standard InChI is InChI=1S/C25H35N5O8S/c1-13(31)21(30-23(35)18(9-10-39-2)28-22(34)16(26)7-8-20(32)33)24(36)29-19(25(37)38)11-14-12-27-17-6-4-3-5-15(14)17/h3-6,12-13,16,18-19,21,27,31H,7-11,26H2,1-2H3,(H,28,34)(H,29,36)(H,30,35)(H,32,33)(H,37,38). The third-order valence-electron chi connectivity index (χ3n) is 6.03. The van der Waals surface area contributed by atoms with Crippen LogP contribution in [-0.4, -0.2) is 92.2 Å². The van der Waals surface area contributed by atoms with Crippen LogP contribution in [0.1, 0.15) is 31.7 Å². The molecule has 0 aliphatic carbocycles. The Morgan fingerprint density at radius 1 is 0.974 bits per heavy atom. The van der Waals surface area contributed by atoms with Crippen molar-refractivity contribution < 1.29 is 39.3 Å². The molecule has 13 nitrogen and oxygen atoms in total. The third-order valence-corrected chi connectivity index (χ3v) is 6.67.